The number of nitrogens with two attached hydrogens (primary N) is 1. The molecule has 0 bridgehead atoms. The van der Waals surface area contributed by atoms with Crippen molar-refractivity contribution < 1.29 is 31.9 Å². The first-order valence-corrected chi connectivity index (χ1v) is 11.2. The standard InChI is InChI=1S/C26H23F4N3O3/c27-21-9-2-1-8-20(21)23(35)32-11-13-33(14-12-32)24(36)25(10-4-5-17(16-25)22(31)34)18-6-3-7-19(15-18)26(28,29)30/h1-10,15H,11-14,16H2,(H2,31,34). The number of allylic oxidation sites excluding steroid dienone is 2. The van der Waals surface area contributed by atoms with E-state index in [1.165, 1.54) is 58.4 Å². The van der Waals surface area contributed by atoms with Crippen LogP contribution in [-0.4, -0.2) is 53.7 Å². The van der Waals surface area contributed by atoms with Gasteiger partial charge in [0.2, 0.25) is 11.8 Å². The van der Waals surface area contributed by atoms with Crippen molar-refractivity contribution in [3.05, 3.63) is 94.8 Å². The Morgan fingerprint density at radius 1 is 0.917 bits per heavy atom. The highest BCUT2D eigenvalue weighted by molar-refractivity contribution is 5.98. The van der Waals surface area contributed by atoms with E-state index in [-0.39, 0.29) is 49.3 Å². The lowest BCUT2D eigenvalue weighted by molar-refractivity contribution is -0.139. The van der Waals surface area contributed by atoms with E-state index in [2.05, 4.69) is 0 Å². The van der Waals surface area contributed by atoms with Crippen LogP contribution in [-0.2, 0) is 21.2 Å². The van der Waals surface area contributed by atoms with Gasteiger partial charge in [0.05, 0.1) is 16.5 Å². The van der Waals surface area contributed by atoms with Crippen molar-refractivity contribution >= 4 is 17.7 Å². The summed E-state index contributed by atoms with van der Waals surface area (Å²) in [6.07, 6.45) is -0.465. The van der Waals surface area contributed by atoms with Crippen LogP contribution >= 0.6 is 0 Å². The molecule has 36 heavy (non-hydrogen) atoms. The van der Waals surface area contributed by atoms with E-state index < -0.39 is 40.7 Å². The summed E-state index contributed by atoms with van der Waals surface area (Å²) in [6, 6.07) is 10.0. The van der Waals surface area contributed by atoms with E-state index in [9.17, 15) is 31.9 Å². The van der Waals surface area contributed by atoms with Crippen LogP contribution in [0.2, 0.25) is 0 Å². The van der Waals surface area contributed by atoms with E-state index in [0.29, 0.717) is 0 Å². The van der Waals surface area contributed by atoms with Crippen LogP contribution in [0.15, 0.2) is 72.3 Å². The number of primary amides is 1. The van der Waals surface area contributed by atoms with Crippen molar-refractivity contribution in [1.29, 1.82) is 0 Å². The highest BCUT2D eigenvalue weighted by Gasteiger charge is 2.45. The van der Waals surface area contributed by atoms with Gasteiger partial charge < -0.3 is 15.5 Å². The van der Waals surface area contributed by atoms with E-state index in [1.54, 1.807) is 6.07 Å². The lowest BCUT2D eigenvalue weighted by atomic mass is 9.71. The smallest absolute Gasteiger partial charge is 0.366 e. The predicted octanol–water partition coefficient (Wildman–Crippen LogP) is 3.44. The van der Waals surface area contributed by atoms with Crippen molar-refractivity contribution in [3.63, 3.8) is 0 Å². The third-order valence-corrected chi connectivity index (χ3v) is 6.51. The molecule has 0 saturated carbocycles. The molecule has 2 N–H and O–H groups in total. The monoisotopic (exact) mass is 501 g/mol. The maximum absolute atomic E-state index is 14.1. The van der Waals surface area contributed by atoms with Gasteiger partial charge in [-0.3, -0.25) is 14.4 Å². The molecular weight excluding hydrogens is 478 g/mol. The maximum Gasteiger partial charge on any atom is 0.416 e. The molecular formula is C26H23F4N3O3. The molecule has 2 aromatic rings. The minimum absolute atomic E-state index is 0.0790. The second-order valence-electron chi connectivity index (χ2n) is 8.71. The van der Waals surface area contributed by atoms with Gasteiger partial charge >= 0.3 is 6.18 Å². The van der Waals surface area contributed by atoms with E-state index in [4.69, 9.17) is 5.73 Å². The lowest BCUT2D eigenvalue weighted by Crippen LogP contribution is -2.55. The largest absolute Gasteiger partial charge is 0.416 e. The highest BCUT2D eigenvalue weighted by atomic mass is 19.4. The molecule has 1 fully saturated rings. The fourth-order valence-corrected chi connectivity index (χ4v) is 4.56. The number of amides is 3. The van der Waals surface area contributed by atoms with Crippen molar-refractivity contribution in [3.8, 4) is 0 Å². The number of rotatable bonds is 4. The summed E-state index contributed by atoms with van der Waals surface area (Å²) in [4.78, 5) is 41.4. The summed E-state index contributed by atoms with van der Waals surface area (Å²) >= 11 is 0. The van der Waals surface area contributed by atoms with Crippen molar-refractivity contribution in [2.75, 3.05) is 26.2 Å². The number of hydrogen-bond acceptors (Lipinski definition) is 3. The minimum Gasteiger partial charge on any atom is -0.366 e. The summed E-state index contributed by atoms with van der Waals surface area (Å²) in [6.45, 7) is 0.395. The molecule has 188 valence electrons. The van der Waals surface area contributed by atoms with E-state index in [1.807, 2.05) is 0 Å². The normalized spacial score (nSPS) is 20.2. The number of nitrogens with zero attached hydrogens (tertiary/aromatic N) is 2. The molecule has 1 aliphatic heterocycles. The molecule has 1 unspecified atom stereocenters. The predicted molar refractivity (Wildman–Crippen MR) is 123 cm³/mol. The summed E-state index contributed by atoms with van der Waals surface area (Å²) in [5.41, 5.74) is 3.04. The number of piperazine rings is 1. The molecule has 6 nitrogen and oxygen atoms in total. The van der Waals surface area contributed by atoms with Gasteiger partial charge in [-0.05, 0) is 30.2 Å². The summed E-state index contributed by atoms with van der Waals surface area (Å²) < 4.78 is 54.4. The Hall–Kier alpha value is -3.95. The highest BCUT2D eigenvalue weighted by Crippen LogP contribution is 2.40. The molecule has 3 amide bonds. The Balaban J connectivity index is 1.61. The molecule has 1 saturated heterocycles. The van der Waals surface area contributed by atoms with Gasteiger partial charge in [-0.15, -0.1) is 0 Å². The van der Waals surface area contributed by atoms with Crippen molar-refractivity contribution in [2.24, 2.45) is 5.73 Å². The van der Waals surface area contributed by atoms with E-state index in [0.717, 1.165) is 12.1 Å². The Morgan fingerprint density at radius 3 is 2.22 bits per heavy atom. The van der Waals surface area contributed by atoms with Gasteiger partial charge in [0.1, 0.15) is 5.82 Å². The zero-order valence-corrected chi connectivity index (χ0v) is 19.1. The number of benzene rings is 2. The first kappa shape index (κ1) is 25.2. The van der Waals surface area contributed by atoms with Crippen LogP contribution in [0.5, 0.6) is 0 Å². The summed E-state index contributed by atoms with van der Waals surface area (Å²) in [5, 5.41) is 0. The Labute approximate surface area is 204 Å². The molecule has 1 heterocycles. The molecule has 1 atom stereocenters. The fourth-order valence-electron chi connectivity index (χ4n) is 4.56. The zero-order chi connectivity index (χ0) is 26.1. The third-order valence-electron chi connectivity index (χ3n) is 6.51. The van der Waals surface area contributed by atoms with Crippen LogP contribution in [0.25, 0.3) is 0 Å². The van der Waals surface area contributed by atoms with Crippen LogP contribution in [0.1, 0.15) is 27.9 Å². The average Bonchev–Trinajstić information content (AvgIpc) is 2.88. The molecule has 10 heteroatoms. The zero-order valence-electron chi connectivity index (χ0n) is 19.1. The number of carbonyl (C=O) groups excluding carboxylic acids is 3. The van der Waals surface area contributed by atoms with Gasteiger partial charge in [-0.25, -0.2) is 4.39 Å². The summed E-state index contributed by atoms with van der Waals surface area (Å²) in [5.74, 6) is -2.45. The molecule has 4 rings (SSSR count). The maximum atomic E-state index is 14.1. The fraction of sp³-hybridized carbons (Fsp3) is 0.269. The number of alkyl halides is 3. The molecule has 0 aromatic heterocycles. The molecule has 2 aromatic carbocycles. The number of hydrogen-bond donors (Lipinski definition) is 1. The lowest BCUT2D eigenvalue weighted by Gasteiger charge is -2.41. The summed E-state index contributed by atoms with van der Waals surface area (Å²) in [7, 11) is 0. The quantitative estimate of drug-likeness (QED) is 0.652. The van der Waals surface area contributed by atoms with Gasteiger partial charge in [0, 0.05) is 31.8 Å². The molecule has 2 aliphatic rings. The van der Waals surface area contributed by atoms with Crippen molar-refractivity contribution in [1.82, 2.24) is 9.80 Å². The topological polar surface area (TPSA) is 83.7 Å². The van der Waals surface area contributed by atoms with Crippen LogP contribution in [0.4, 0.5) is 17.6 Å². The van der Waals surface area contributed by atoms with E-state index >= 15 is 0 Å². The van der Waals surface area contributed by atoms with Gasteiger partial charge in [-0.1, -0.05) is 48.6 Å². The van der Waals surface area contributed by atoms with Crippen LogP contribution < -0.4 is 5.73 Å². The second kappa shape index (κ2) is 9.60. The average molecular weight is 501 g/mol. The molecule has 1 aliphatic carbocycles. The number of halogens is 4. The van der Waals surface area contributed by atoms with Crippen molar-refractivity contribution in [2.45, 2.75) is 18.0 Å². The minimum atomic E-state index is -4.63. The Morgan fingerprint density at radius 2 is 1.58 bits per heavy atom. The van der Waals surface area contributed by atoms with Crippen LogP contribution in [0, 0.1) is 5.82 Å². The Bertz CT molecular complexity index is 1260. The van der Waals surface area contributed by atoms with Gasteiger partial charge in [0.15, 0.2) is 0 Å². The van der Waals surface area contributed by atoms with Gasteiger partial charge in [-0.2, -0.15) is 13.2 Å². The second-order valence-corrected chi connectivity index (χ2v) is 8.71. The third kappa shape index (κ3) is 4.75. The first-order valence-electron chi connectivity index (χ1n) is 11.2. The SMILES string of the molecule is NC(=O)C1=CC=CC(C(=O)N2CCN(C(=O)c3ccccc3F)CC2)(c2cccc(C(F)(F)F)c2)C1. The molecule has 0 radical (unpaired) electrons. The van der Waals surface area contributed by atoms with Gasteiger partial charge in [0.25, 0.3) is 5.91 Å². The number of carbonyl (C=O) groups is 3. The van der Waals surface area contributed by atoms with Crippen LogP contribution in [0.3, 0.4) is 0 Å². The Kier molecular flexibility index (Phi) is 6.71. The first-order chi connectivity index (χ1) is 17.0. The molecule has 0 spiro atoms.